The van der Waals surface area contributed by atoms with E-state index in [4.69, 9.17) is 4.74 Å². The first-order chi connectivity index (χ1) is 12.5. The van der Waals surface area contributed by atoms with Crippen molar-refractivity contribution in [2.75, 3.05) is 7.11 Å². The van der Waals surface area contributed by atoms with Crippen molar-refractivity contribution >= 4 is 33.2 Å². The summed E-state index contributed by atoms with van der Waals surface area (Å²) in [6.07, 6.45) is 0. The molecule has 0 N–H and O–H groups in total. The van der Waals surface area contributed by atoms with Crippen LogP contribution in [-0.2, 0) is 6.54 Å². The van der Waals surface area contributed by atoms with Crippen molar-refractivity contribution in [3.8, 4) is 17.0 Å². The first-order valence-corrected chi connectivity index (χ1v) is 9.84. The number of amides is 1. The number of rotatable bonds is 4. The second kappa shape index (κ2) is 8.01. The molecule has 0 fully saturated rings. The van der Waals surface area contributed by atoms with Crippen LogP contribution in [0.3, 0.4) is 0 Å². The Hall–Kier alpha value is -2.18. The van der Waals surface area contributed by atoms with Crippen LogP contribution < -0.4 is 9.54 Å². The van der Waals surface area contributed by atoms with Crippen LogP contribution in [0.15, 0.2) is 58.0 Å². The monoisotopic (exact) mass is 430 g/mol. The largest absolute Gasteiger partial charge is 0.496 e. The van der Waals surface area contributed by atoms with Gasteiger partial charge in [-0.15, -0.1) is 11.3 Å². The van der Waals surface area contributed by atoms with Crippen molar-refractivity contribution in [1.29, 1.82) is 0 Å². The number of ether oxygens (including phenoxy) is 1. The van der Waals surface area contributed by atoms with Gasteiger partial charge in [0.15, 0.2) is 4.80 Å². The van der Waals surface area contributed by atoms with Crippen LogP contribution in [-0.4, -0.2) is 17.6 Å². The minimum Gasteiger partial charge on any atom is -0.496 e. The lowest BCUT2D eigenvalue weighted by atomic mass is 10.1. The number of halogens is 1. The smallest absolute Gasteiger partial charge is 0.283 e. The molecule has 0 aliphatic rings. The average Bonchev–Trinajstić information content (AvgIpc) is 2.97. The van der Waals surface area contributed by atoms with Gasteiger partial charge < -0.3 is 9.30 Å². The highest BCUT2D eigenvalue weighted by atomic mass is 79.9. The van der Waals surface area contributed by atoms with Gasteiger partial charge in [-0.25, -0.2) is 0 Å². The van der Waals surface area contributed by atoms with Gasteiger partial charge >= 0.3 is 0 Å². The molecular weight excluding hydrogens is 412 g/mol. The number of aryl methyl sites for hydroxylation is 1. The molecule has 6 heteroatoms. The number of hydrogen-bond donors (Lipinski definition) is 0. The molecule has 134 valence electrons. The third kappa shape index (κ3) is 3.66. The molecule has 1 amide bonds. The molecule has 0 aliphatic carbocycles. The van der Waals surface area contributed by atoms with Crippen LogP contribution in [0.1, 0.15) is 22.2 Å². The molecule has 26 heavy (non-hydrogen) atoms. The Balaban J connectivity index is 2.11. The fraction of sp³-hybridized carbons (Fsp3) is 0.200. The van der Waals surface area contributed by atoms with Crippen LogP contribution in [0.4, 0.5) is 0 Å². The number of benzene rings is 2. The van der Waals surface area contributed by atoms with Gasteiger partial charge in [0.25, 0.3) is 5.91 Å². The Morgan fingerprint density at radius 3 is 2.54 bits per heavy atom. The molecule has 3 aromatic rings. The third-order valence-corrected chi connectivity index (χ3v) is 5.57. The van der Waals surface area contributed by atoms with E-state index in [0.717, 1.165) is 27.2 Å². The number of para-hydroxylation sites is 1. The van der Waals surface area contributed by atoms with Crippen molar-refractivity contribution in [3.63, 3.8) is 0 Å². The molecule has 1 aromatic heterocycles. The maximum atomic E-state index is 12.7. The lowest BCUT2D eigenvalue weighted by molar-refractivity contribution is 0.0995. The first kappa shape index (κ1) is 18.6. The number of aromatic nitrogens is 1. The highest BCUT2D eigenvalue weighted by Crippen LogP contribution is 2.27. The summed E-state index contributed by atoms with van der Waals surface area (Å²) < 4.78 is 8.40. The number of carbonyl (C=O) groups is 1. The van der Waals surface area contributed by atoms with E-state index in [9.17, 15) is 4.79 Å². The van der Waals surface area contributed by atoms with Gasteiger partial charge in [-0.1, -0.05) is 40.2 Å². The number of nitrogens with zero attached hydrogens (tertiary/aromatic N) is 2. The standard InChI is InChI=1S/C20H19BrN2O2S/c1-4-23-18(14-9-11-15(21)12-10-14)13(2)26-20(23)22-19(24)16-7-5-6-8-17(16)25-3/h5-12H,4H2,1-3H3. The van der Waals surface area contributed by atoms with Gasteiger partial charge in [0.1, 0.15) is 5.75 Å². The maximum Gasteiger partial charge on any atom is 0.283 e. The topological polar surface area (TPSA) is 43.6 Å². The Bertz CT molecular complexity index is 1000. The molecule has 0 aliphatic heterocycles. The van der Waals surface area contributed by atoms with Crippen molar-refractivity contribution in [2.45, 2.75) is 20.4 Å². The Kier molecular flexibility index (Phi) is 5.74. The minimum absolute atomic E-state index is 0.298. The molecule has 0 saturated carbocycles. The van der Waals surface area contributed by atoms with Crippen molar-refractivity contribution in [3.05, 3.63) is 68.2 Å². The van der Waals surface area contributed by atoms with Crippen LogP contribution in [0.25, 0.3) is 11.3 Å². The normalized spacial score (nSPS) is 11.6. The molecular formula is C20H19BrN2O2S. The summed E-state index contributed by atoms with van der Waals surface area (Å²) in [7, 11) is 1.55. The molecule has 0 bridgehead atoms. The molecule has 0 spiro atoms. The van der Waals surface area contributed by atoms with Gasteiger partial charge in [0.05, 0.1) is 18.4 Å². The third-order valence-electron chi connectivity index (χ3n) is 4.05. The molecule has 1 heterocycles. The summed E-state index contributed by atoms with van der Waals surface area (Å²) in [4.78, 5) is 18.9. The number of hydrogen-bond acceptors (Lipinski definition) is 3. The molecule has 0 atom stereocenters. The minimum atomic E-state index is -0.298. The highest BCUT2D eigenvalue weighted by Gasteiger charge is 2.15. The zero-order chi connectivity index (χ0) is 18.7. The quantitative estimate of drug-likeness (QED) is 0.580. The SMILES string of the molecule is CCn1c(-c2ccc(Br)cc2)c(C)sc1=NC(=O)c1ccccc1OC. The molecule has 3 rings (SSSR count). The summed E-state index contributed by atoms with van der Waals surface area (Å²) in [5.74, 6) is 0.235. The number of carbonyl (C=O) groups excluding carboxylic acids is 1. The van der Waals surface area contributed by atoms with Crippen LogP contribution in [0, 0.1) is 6.92 Å². The summed E-state index contributed by atoms with van der Waals surface area (Å²) >= 11 is 4.99. The van der Waals surface area contributed by atoms with E-state index in [1.54, 1.807) is 19.2 Å². The first-order valence-electron chi connectivity index (χ1n) is 8.23. The summed E-state index contributed by atoms with van der Waals surface area (Å²) in [5, 5.41) is 0. The Labute approximate surface area is 164 Å². The fourth-order valence-corrected chi connectivity index (χ4v) is 4.16. The highest BCUT2D eigenvalue weighted by molar-refractivity contribution is 9.10. The van der Waals surface area contributed by atoms with Crippen molar-refractivity contribution < 1.29 is 9.53 Å². The van der Waals surface area contributed by atoms with Gasteiger partial charge in [-0.05, 0) is 43.7 Å². The van der Waals surface area contributed by atoms with E-state index < -0.39 is 0 Å². The molecule has 0 radical (unpaired) electrons. The van der Waals surface area contributed by atoms with Gasteiger partial charge in [-0.2, -0.15) is 4.99 Å². The summed E-state index contributed by atoms with van der Waals surface area (Å²) in [5.41, 5.74) is 2.67. The van der Waals surface area contributed by atoms with Crippen LogP contribution in [0.5, 0.6) is 5.75 Å². The van der Waals surface area contributed by atoms with E-state index in [2.05, 4.69) is 51.5 Å². The molecule has 4 nitrogen and oxygen atoms in total. The number of thiazole rings is 1. The summed E-state index contributed by atoms with van der Waals surface area (Å²) in [6, 6.07) is 15.3. The summed E-state index contributed by atoms with van der Waals surface area (Å²) in [6.45, 7) is 4.84. The van der Waals surface area contributed by atoms with Gasteiger partial charge in [0.2, 0.25) is 0 Å². The second-order valence-corrected chi connectivity index (χ2v) is 7.76. The molecule has 0 unspecified atom stereocenters. The van der Waals surface area contributed by atoms with E-state index in [-0.39, 0.29) is 5.91 Å². The van der Waals surface area contributed by atoms with Crippen molar-refractivity contribution in [1.82, 2.24) is 4.57 Å². The van der Waals surface area contributed by atoms with Gasteiger partial charge in [-0.3, -0.25) is 4.79 Å². The van der Waals surface area contributed by atoms with Crippen molar-refractivity contribution in [2.24, 2.45) is 4.99 Å². The van der Waals surface area contributed by atoms with E-state index in [1.807, 2.05) is 24.3 Å². The van der Waals surface area contributed by atoms with E-state index >= 15 is 0 Å². The van der Waals surface area contributed by atoms with Crippen LogP contribution in [0.2, 0.25) is 0 Å². The number of methoxy groups -OCH3 is 1. The van der Waals surface area contributed by atoms with Gasteiger partial charge in [0, 0.05) is 15.9 Å². The predicted octanol–water partition coefficient (Wildman–Crippen LogP) is 5.06. The maximum absolute atomic E-state index is 12.7. The lowest BCUT2D eigenvalue weighted by Crippen LogP contribution is -2.17. The van der Waals surface area contributed by atoms with E-state index in [0.29, 0.717) is 16.1 Å². The van der Waals surface area contributed by atoms with Crippen LogP contribution >= 0.6 is 27.3 Å². The zero-order valence-corrected chi connectivity index (χ0v) is 17.2. The lowest BCUT2D eigenvalue weighted by Gasteiger charge is -2.08. The molecule has 2 aromatic carbocycles. The second-order valence-electron chi connectivity index (χ2n) is 5.66. The van der Waals surface area contributed by atoms with E-state index in [1.165, 1.54) is 11.3 Å². The average molecular weight is 431 g/mol. The zero-order valence-electron chi connectivity index (χ0n) is 14.8. The fourth-order valence-electron chi connectivity index (χ4n) is 2.84. The Morgan fingerprint density at radius 2 is 1.88 bits per heavy atom. The predicted molar refractivity (Wildman–Crippen MR) is 109 cm³/mol. The Morgan fingerprint density at radius 1 is 1.19 bits per heavy atom. The molecule has 0 saturated heterocycles.